The second-order valence-corrected chi connectivity index (χ2v) is 7.00. The molecule has 24 heavy (non-hydrogen) atoms. The average molecular weight is 330 g/mol. The summed E-state index contributed by atoms with van der Waals surface area (Å²) in [5.41, 5.74) is 7.74. The molecule has 4 N–H and O–H groups in total. The van der Waals surface area contributed by atoms with E-state index >= 15 is 0 Å². The van der Waals surface area contributed by atoms with Gasteiger partial charge in [0.05, 0.1) is 6.04 Å². The smallest absolute Gasteiger partial charge is 0.239 e. The topological polar surface area (TPSA) is 65.2 Å². The van der Waals surface area contributed by atoms with Crippen molar-refractivity contribution in [2.45, 2.75) is 51.2 Å². The van der Waals surface area contributed by atoms with E-state index in [1.54, 1.807) is 0 Å². The fourth-order valence-electron chi connectivity index (χ4n) is 4.11. The molecule has 5 nitrogen and oxygen atoms in total. The van der Waals surface area contributed by atoms with Gasteiger partial charge in [-0.1, -0.05) is 57.0 Å². The Morgan fingerprint density at radius 1 is 1.21 bits per heavy atom. The Balaban J connectivity index is 1.73. The Morgan fingerprint density at radius 3 is 2.67 bits per heavy atom. The normalized spacial score (nSPS) is 27.7. The fourth-order valence-corrected chi connectivity index (χ4v) is 4.11. The number of nitrogens with one attached hydrogen (secondary N) is 4. The minimum absolute atomic E-state index is 0.0751. The molecule has 2 saturated heterocycles. The van der Waals surface area contributed by atoms with Crippen LogP contribution in [0.4, 0.5) is 0 Å². The molecule has 1 aromatic rings. The molecule has 4 atom stereocenters. The third kappa shape index (κ3) is 3.63. The standard InChI is InChI=1S/C19H30N4O/c1-3-13(4-2)17(14-8-6-5-7-9-14)21-19(24)18-15-12-20-11-10-16(15)22-23-18/h5-9,13,15-18,20,22-23H,3-4,10-12H2,1-2H3,(H,21,24). The van der Waals surface area contributed by atoms with E-state index in [0.717, 1.165) is 32.4 Å². The van der Waals surface area contributed by atoms with Crippen LogP contribution in [-0.2, 0) is 4.79 Å². The molecule has 2 aliphatic heterocycles. The number of fused-ring (bicyclic) bond motifs is 1. The number of carbonyl (C=O) groups is 1. The van der Waals surface area contributed by atoms with Crippen molar-refractivity contribution in [3.63, 3.8) is 0 Å². The molecule has 0 bridgehead atoms. The second-order valence-electron chi connectivity index (χ2n) is 7.00. The minimum Gasteiger partial charge on any atom is -0.348 e. The molecule has 2 fully saturated rings. The number of hydrazine groups is 1. The summed E-state index contributed by atoms with van der Waals surface area (Å²) in [4.78, 5) is 13.0. The van der Waals surface area contributed by atoms with Crippen LogP contribution in [0.1, 0.15) is 44.7 Å². The van der Waals surface area contributed by atoms with Gasteiger partial charge in [-0.05, 0) is 24.4 Å². The fraction of sp³-hybridized carbons (Fsp3) is 0.632. The number of hydrogen-bond donors (Lipinski definition) is 4. The van der Waals surface area contributed by atoms with Gasteiger partial charge >= 0.3 is 0 Å². The largest absolute Gasteiger partial charge is 0.348 e. The first-order valence-corrected chi connectivity index (χ1v) is 9.31. The van der Waals surface area contributed by atoms with Crippen molar-refractivity contribution < 1.29 is 4.79 Å². The van der Waals surface area contributed by atoms with Gasteiger partial charge in [-0.25, -0.2) is 5.43 Å². The zero-order valence-electron chi connectivity index (χ0n) is 14.7. The summed E-state index contributed by atoms with van der Waals surface area (Å²) in [6, 6.07) is 10.7. The lowest BCUT2D eigenvalue weighted by atomic mass is 9.86. The lowest BCUT2D eigenvalue weighted by Crippen LogP contribution is -2.50. The predicted molar refractivity (Wildman–Crippen MR) is 96.2 cm³/mol. The van der Waals surface area contributed by atoms with Crippen LogP contribution in [0.3, 0.4) is 0 Å². The molecule has 3 rings (SSSR count). The summed E-state index contributed by atoms with van der Waals surface area (Å²) in [5, 5.41) is 6.75. The molecule has 132 valence electrons. The molecule has 0 aliphatic carbocycles. The van der Waals surface area contributed by atoms with Crippen LogP contribution in [0.25, 0.3) is 0 Å². The first-order chi connectivity index (χ1) is 11.7. The molecule has 1 aromatic carbocycles. The van der Waals surface area contributed by atoms with Gasteiger partial charge in [-0.3, -0.25) is 10.2 Å². The number of piperidine rings is 1. The van der Waals surface area contributed by atoms with E-state index in [2.05, 4.69) is 47.5 Å². The van der Waals surface area contributed by atoms with Gasteiger partial charge in [0.1, 0.15) is 6.04 Å². The molecular formula is C19H30N4O. The van der Waals surface area contributed by atoms with Crippen LogP contribution in [-0.4, -0.2) is 31.1 Å². The maximum absolute atomic E-state index is 13.0. The predicted octanol–water partition coefficient (Wildman–Crippen LogP) is 1.73. The summed E-state index contributed by atoms with van der Waals surface area (Å²) >= 11 is 0. The van der Waals surface area contributed by atoms with E-state index in [9.17, 15) is 4.79 Å². The first kappa shape index (κ1) is 17.4. The summed E-state index contributed by atoms with van der Waals surface area (Å²) in [6.07, 6.45) is 3.18. The van der Waals surface area contributed by atoms with Crippen molar-refractivity contribution >= 4 is 5.91 Å². The molecule has 5 heteroatoms. The van der Waals surface area contributed by atoms with Gasteiger partial charge in [-0.15, -0.1) is 0 Å². The Morgan fingerprint density at radius 2 is 1.96 bits per heavy atom. The number of benzene rings is 1. The van der Waals surface area contributed by atoms with Crippen molar-refractivity contribution in [1.29, 1.82) is 0 Å². The van der Waals surface area contributed by atoms with E-state index in [0.29, 0.717) is 17.9 Å². The van der Waals surface area contributed by atoms with Gasteiger partial charge in [0, 0.05) is 18.5 Å². The summed E-state index contributed by atoms with van der Waals surface area (Å²) in [5.74, 6) is 0.877. The monoisotopic (exact) mass is 330 g/mol. The molecule has 0 spiro atoms. The number of rotatable bonds is 6. The quantitative estimate of drug-likeness (QED) is 0.641. The van der Waals surface area contributed by atoms with E-state index in [-0.39, 0.29) is 18.0 Å². The molecule has 4 unspecified atom stereocenters. The highest BCUT2D eigenvalue weighted by molar-refractivity contribution is 5.83. The lowest BCUT2D eigenvalue weighted by molar-refractivity contribution is -0.125. The summed E-state index contributed by atoms with van der Waals surface area (Å²) in [7, 11) is 0. The highest BCUT2D eigenvalue weighted by Gasteiger charge is 2.41. The van der Waals surface area contributed by atoms with Gasteiger partial charge in [0.25, 0.3) is 0 Å². The van der Waals surface area contributed by atoms with Crippen molar-refractivity contribution in [2.75, 3.05) is 13.1 Å². The lowest BCUT2D eigenvalue weighted by Gasteiger charge is -2.31. The van der Waals surface area contributed by atoms with Crippen LogP contribution in [0.2, 0.25) is 0 Å². The zero-order valence-corrected chi connectivity index (χ0v) is 14.7. The van der Waals surface area contributed by atoms with Crippen LogP contribution >= 0.6 is 0 Å². The summed E-state index contributed by atoms with van der Waals surface area (Å²) < 4.78 is 0. The molecule has 2 heterocycles. The van der Waals surface area contributed by atoms with Crippen molar-refractivity contribution in [3.8, 4) is 0 Å². The SMILES string of the molecule is CCC(CC)C(NC(=O)C1NNC2CCNCC21)c1ccccc1. The first-order valence-electron chi connectivity index (χ1n) is 9.31. The number of carbonyl (C=O) groups excluding carboxylic acids is 1. The Bertz CT molecular complexity index is 531. The molecule has 1 amide bonds. The van der Waals surface area contributed by atoms with Gasteiger partial charge in [0.2, 0.25) is 5.91 Å². The van der Waals surface area contributed by atoms with E-state index in [4.69, 9.17) is 0 Å². The third-order valence-corrected chi connectivity index (χ3v) is 5.64. The van der Waals surface area contributed by atoms with Crippen LogP contribution in [0.5, 0.6) is 0 Å². The summed E-state index contributed by atoms with van der Waals surface area (Å²) in [6.45, 7) is 6.31. The van der Waals surface area contributed by atoms with E-state index in [1.807, 2.05) is 18.2 Å². The average Bonchev–Trinajstić information content (AvgIpc) is 3.06. The zero-order chi connectivity index (χ0) is 16.9. The molecule has 2 aliphatic rings. The molecule has 0 aromatic heterocycles. The van der Waals surface area contributed by atoms with E-state index < -0.39 is 0 Å². The Kier molecular flexibility index (Phi) is 5.87. The number of amides is 1. The van der Waals surface area contributed by atoms with E-state index in [1.165, 1.54) is 5.56 Å². The van der Waals surface area contributed by atoms with Crippen molar-refractivity contribution in [2.24, 2.45) is 11.8 Å². The maximum atomic E-state index is 13.0. The third-order valence-electron chi connectivity index (χ3n) is 5.64. The Hall–Kier alpha value is -1.43. The molecular weight excluding hydrogens is 300 g/mol. The highest BCUT2D eigenvalue weighted by atomic mass is 16.2. The van der Waals surface area contributed by atoms with Crippen LogP contribution in [0.15, 0.2) is 30.3 Å². The highest BCUT2D eigenvalue weighted by Crippen LogP contribution is 2.28. The maximum Gasteiger partial charge on any atom is 0.239 e. The van der Waals surface area contributed by atoms with Gasteiger partial charge in [0.15, 0.2) is 0 Å². The second kappa shape index (κ2) is 8.10. The molecule has 0 radical (unpaired) electrons. The van der Waals surface area contributed by atoms with Crippen molar-refractivity contribution in [3.05, 3.63) is 35.9 Å². The van der Waals surface area contributed by atoms with Gasteiger partial charge < -0.3 is 10.6 Å². The van der Waals surface area contributed by atoms with Crippen molar-refractivity contribution in [1.82, 2.24) is 21.5 Å². The Labute approximate surface area is 144 Å². The number of hydrogen-bond acceptors (Lipinski definition) is 4. The molecule has 0 saturated carbocycles. The minimum atomic E-state index is -0.164. The van der Waals surface area contributed by atoms with Crippen LogP contribution < -0.4 is 21.5 Å². The van der Waals surface area contributed by atoms with Crippen LogP contribution in [0, 0.1) is 11.8 Å². The van der Waals surface area contributed by atoms with Gasteiger partial charge in [-0.2, -0.15) is 0 Å².